The molecule has 4 nitrogen and oxygen atoms in total. The SMILES string of the molecule is CCOC(=O)CC1(C2CO2)COC1. The Morgan fingerprint density at radius 3 is 2.69 bits per heavy atom. The Hall–Kier alpha value is -0.610. The van der Waals surface area contributed by atoms with Gasteiger partial charge < -0.3 is 14.2 Å². The largest absolute Gasteiger partial charge is 0.466 e. The third kappa shape index (κ3) is 1.69. The summed E-state index contributed by atoms with van der Waals surface area (Å²) in [7, 11) is 0. The highest BCUT2D eigenvalue weighted by Gasteiger charge is 2.53. The van der Waals surface area contributed by atoms with Crippen LogP contribution in [0.15, 0.2) is 0 Å². The summed E-state index contributed by atoms with van der Waals surface area (Å²) in [6.45, 7) is 4.30. The Morgan fingerprint density at radius 1 is 1.62 bits per heavy atom. The van der Waals surface area contributed by atoms with E-state index in [0.717, 1.165) is 6.61 Å². The summed E-state index contributed by atoms with van der Waals surface area (Å²) in [5.41, 5.74) is -0.0632. The molecule has 74 valence electrons. The topological polar surface area (TPSA) is 48.1 Å². The van der Waals surface area contributed by atoms with Crippen LogP contribution in [0, 0.1) is 5.41 Å². The Morgan fingerprint density at radius 2 is 2.31 bits per heavy atom. The van der Waals surface area contributed by atoms with Crippen LogP contribution in [0.2, 0.25) is 0 Å². The summed E-state index contributed by atoms with van der Waals surface area (Å²) >= 11 is 0. The molecule has 4 heteroatoms. The molecule has 0 bridgehead atoms. The van der Waals surface area contributed by atoms with Crippen molar-refractivity contribution in [3.05, 3.63) is 0 Å². The minimum Gasteiger partial charge on any atom is -0.466 e. The van der Waals surface area contributed by atoms with Crippen LogP contribution in [0.3, 0.4) is 0 Å². The van der Waals surface area contributed by atoms with Crippen molar-refractivity contribution in [2.75, 3.05) is 26.4 Å². The maximum Gasteiger partial charge on any atom is 0.306 e. The maximum absolute atomic E-state index is 11.3. The van der Waals surface area contributed by atoms with E-state index < -0.39 is 0 Å². The fraction of sp³-hybridized carbons (Fsp3) is 0.889. The molecule has 2 heterocycles. The summed E-state index contributed by atoms with van der Waals surface area (Å²) in [6.07, 6.45) is 0.663. The number of carbonyl (C=O) groups is 1. The highest BCUT2D eigenvalue weighted by molar-refractivity contribution is 5.70. The first kappa shape index (κ1) is 8.97. The lowest BCUT2D eigenvalue weighted by Gasteiger charge is -2.39. The van der Waals surface area contributed by atoms with Gasteiger partial charge in [0.2, 0.25) is 0 Å². The van der Waals surface area contributed by atoms with Gasteiger partial charge in [-0.15, -0.1) is 0 Å². The second-order valence-corrected chi connectivity index (χ2v) is 3.66. The minimum atomic E-state index is -0.138. The van der Waals surface area contributed by atoms with Gasteiger partial charge in [0.05, 0.1) is 44.4 Å². The molecule has 0 N–H and O–H groups in total. The molecule has 0 saturated carbocycles. The van der Waals surface area contributed by atoms with Crippen LogP contribution >= 0.6 is 0 Å². The molecular formula is C9H14O4. The molecule has 0 radical (unpaired) electrons. The summed E-state index contributed by atoms with van der Waals surface area (Å²) in [6, 6.07) is 0. The van der Waals surface area contributed by atoms with Gasteiger partial charge in [0, 0.05) is 0 Å². The third-order valence-corrected chi connectivity index (χ3v) is 2.60. The first-order valence-electron chi connectivity index (χ1n) is 4.62. The van der Waals surface area contributed by atoms with E-state index in [9.17, 15) is 4.79 Å². The Kier molecular flexibility index (Phi) is 2.26. The first-order valence-corrected chi connectivity index (χ1v) is 4.62. The monoisotopic (exact) mass is 186 g/mol. The van der Waals surface area contributed by atoms with Crippen molar-refractivity contribution >= 4 is 5.97 Å². The summed E-state index contributed by atoms with van der Waals surface area (Å²) < 4.78 is 15.2. The highest BCUT2D eigenvalue weighted by atomic mass is 16.6. The van der Waals surface area contributed by atoms with E-state index in [0.29, 0.717) is 26.2 Å². The van der Waals surface area contributed by atoms with Crippen molar-refractivity contribution in [2.45, 2.75) is 19.4 Å². The molecule has 1 unspecified atom stereocenters. The second-order valence-electron chi connectivity index (χ2n) is 3.66. The zero-order valence-electron chi connectivity index (χ0n) is 7.75. The third-order valence-electron chi connectivity index (χ3n) is 2.60. The highest BCUT2D eigenvalue weighted by Crippen LogP contribution is 2.42. The van der Waals surface area contributed by atoms with Gasteiger partial charge in [-0.05, 0) is 6.92 Å². The number of carbonyl (C=O) groups excluding carboxylic acids is 1. The first-order chi connectivity index (χ1) is 6.27. The average Bonchev–Trinajstić information content (AvgIpc) is 2.80. The number of ether oxygens (including phenoxy) is 3. The summed E-state index contributed by atoms with van der Waals surface area (Å²) in [5, 5.41) is 0. The number of epoxide rings is 1. The normalized spacial score (nSPS) is 29.2. The zero-order chi connectivity index (χ0) is 9.31. The van der Waals surface area contributed by atoms with E-state index in [1.54, 1.807) is 0 Å². The fourth-order valence-electron chi connectivity index (χ4n) is 1.67. The van der Waals surface area contributed by atoms with Gasteiger partial charge in [-0.25, -0.2) is 0 Å². The van der Waals surface area contributed by atoms with Gasteiger partial charge in [-0.1, -0.05) is 0 Å². The fourth-order valence-corrected chi connectivity index (χ4v) is 1.67. The number of hydrogen-bond donors (Lipinski definition) is 0. The predicted molar refractivity (Wildman–Crippen MR) is 44.2 cm³/mol. The van der Waals surface area contributed by atoms with Gasteiger partial charge in [0.15, 0.2) is 0 Å². The molecule has 2 saturated heterocycles. The molecule has 2 rings (SSSR count). The number of hydrogen-bond acceptors (Lipinski definition) is 4. The number of rotatable bonds is 4. The summed E-state index contributed by atoms with van der Waals surface area (Å²) in [4.78, 5) is 11.3. The van der Waals surface area contributed by atoms with E-state index in [1.165, 1.54) is 0 Å². The number of esters is 1. The molecule has 2 aliphatic heterocycles. The smallest absolute Gasteiger partial charge is 0.306 e. The lowest BCUT2D eigenvalue weighted by Crippen LogP contribution is -2.48. The van der Waals surface area contributed by atoms with E-state index >= 15 is 0 Å². The summed E-state index contributed by atoms with van der Waals surface area (Å²) in [5.74, 6) is -0.138. The standard InChI is InChI=1S/C9H14O4/c1-2-12-8(10)3-9(5-11-6-9)7-4-13-7/h7H,2-6H2,1H3. The second kappa shape index (κ2) is 3.27. The molecule has 0 aromatic heterocycles. The molecule has 0 aromatic carbocycles. The van der Waals surface area contributed by atoms with Gasteiger partial charge in [0.1, 0.15) is 0 Å². The van der Waals surface area contributed by atoms with Crippen LogP contribution < -0.4 is 0 Å². The lowest BCUT2D eigenvalue weighted by molar-refractivity contribution is -0.165. The van der Waals surface area contributed by atoms with Crippen molar-refractivity contribution in [3.8, 4) is 0 Å². The molecular weight excluding hydrogens is 172 g/mol. The van der Waals surface area contributed by atoms with Crippen LogP contribution in [0.5, 0.6) is 0 Å². The van der Waals surface area contributed by atoms with E-state index in [-0.39, 0.29) is 17.5 Å². The minimum absolute atomic E-state index is 0.0632. The van der Waals surface area contributed by atoms with Crippen LogP contribution in [0.1, 0.15) is 13.3 Å². The van der Waals surface area contributed by atoms with Crippen molar-refractivity contribution in [2.24, 2.45) is 5.41 Å². The van der Waals surface area contributed by atoms with Crippen LogP contribution in [0.25, 0.3) is 0 Å². The molecule has 2 fully saturated rings. The Bertz CT molecular complexity index is 206. The average molecular weight is 186 g/mol. The Balaban J connectivity index is 1.86. The van der Waals surface area contributed by atoms with Crippen LogP contribution in [-0.2, 0) is 19.0 Å². The molecule has 0 amide bonds. The molecule has 0 spiro atoms. The molecule has 0 aromatic rings. The molecule has 0 aliphatic carbocycles. The zero-order valence-corrected chi connectivity index (χ0v) is 7.75. The van der Waals surface area contributed by atoms with E-state index in [1.807, 2.05) is 6.92 Å². The van der Waals surface area contributed by atoms with Gasteiger partial charge in [-0.2, -0.15) is 0 Å². The van der Waals surface area contributed by atoms with Crippen LogP contribution in [0.4, 0.5) is 0 Å². The van der Waals surface area contributed by atoms with Crippen molar-refractivity contribution < 1.29 is 19.0 Å². The van der Waals surface area contributed by atoms with Gasteiger partial charge >= 0.3 is 5.97 Å². The van der Waals surface area contributed by atoms with E-state index in [4.69, 9.17) is 14.2 Å². The van der Waals surface area contributed by atoms with Gasteiger partial charge in [-0.3, -0.25) is 4.79 Å². The Labute approximate surface area is 77.1 Å². The molecule has 1 atom stereocenters. The van der Waals surface area contributed by atoms with Crippen molar-refractivity contribution in [3.63, 3.8) is 0 Å². The maximum atomic E-state index is 11.3. The molecule has 13 heavy (non-hydrogen) atoms. The quantitative estimate of drug-likeness (QED) is 0.469. The van der Waals surface area contributed by atoms with Gasteiger partial charge in [0.25, 0.3) is 0 Å². The van der Waals surface area contributed by atoms with Crippen molar-refractivity contribution in [1.82, 2.24) is 0 Å². The predicted octanol–water partition coefficient (Wildman–Crippen LogP) is 0.355. The lowest BCUT2D eigenvalue weighted by atomic mass is 9.79. The van der Waals surface area contributed by atoms with E-state index in [2.05, 4.69) is 0 Å². The van der Waals surface area contributed by atoms with Crippen LogP contribution in [-0.4, -0.2) is 38.5 Å². The van der Waals surface area contributed by atoms with Crippen molar-refractivity contribution in [1.29, 1.82) is 0 Å². The molecule has 2 aliphatic rings.